The van der Waals surface area contributed by atoms with Gasteiger partial charge in [-0.2, -0.15) is 0 Å². The Bertz CT molecular complexity index is 233. The maximum absolute atomic E-state index is 5.56. The maximum Gasteiger partial charge on any atom is 0.0918 e. The second kappa shape index (κ2) is 3.05. The highest BCUT2D eigenvalue weighted by Gasteiger charge is 1.97. The SMILES string of the molecule is C#CC(N)c1ccccc1. The van der Waals surface area contributed by atoms with Crippen molar-refractivity contribution in [3.05, 3.63) is 35.9 Å². The first kappa shape index (κ1) is 6.85. The summed E-state index contributed by atoms with van der Waals surface area (Å²) in [4.78, 5) is 0. The lowest BCUT2D eigenvalue weighted by Crippen LogP contribution is -2.06. The second-order valence-corrected chi connectivity index (χ2v) is 2.06. The Balaban J connectivity index is 2.88. The number of nitrogens with two attached hydrogens (primary N) is 1. The fraction of sp³-hybridized carbons (Fsp3) is 0.111. The van der Waals surface area contributed by atoms with E-state index in [9.17, 15) is 0 Å². The Hall–Kier alpha value is -1.26. The molecule has 0 radical (unpaired) electrons. The van der Waals surface area contributed by atoms with Crippen LogP contribution in [0.5, 0.6) is 0 Å². The Morgan fingerprint density at radius 2 is 1.90 bits per heavy atom. The van der Waals surface area contributed by atoms with Gasteiger partial charge in [0.05, 0.1) is 6.04 Å². The van der Waals surface area contributed by atoms with Crippen LogP contribution in [-0.2, 0) is 0 Å². The molecule has 0 heterocycles. The topological polar surface area (TPSA) is 26.0 Å². The molecule has 0 amide bonds. The van der Waals surface area contributed by atoms with Gasteiger partial charge in [-0.05, 0) is 5.56 Å². The molecule has 0 bridgehead atoms. The molecule has 0 saturated carbocycles. The van der Waals surface area contributed by atoms with E-state index in [1.54, 1.807) is 0 Å². The predicted octanol–water partition coefficient (Wildman–Crippen LogP) is 1.32. The van der Waals surface area contributed by atoms with E-state index in [4.69, 9.17) is 12.2 Å². The summed E-state index contributed by atoms with van der Waals surface area (Å²) in [5, 5.41) is 0. The van der Waals surface area contributed by atoms with E-state index in [0.29, 0.717) is 0 Å². The summed E-state index contributed by atoms with van der Waals surface area (Å²) in [5.74, 6) is 2.46. The molecule has 0 spiro atoms. The highest BCUT2D eigenvalue weighted by molar-refractivity contribution is 5.24. The normalized spacial score (nSPS) is 12.0. The van der Waals surface area contributed by atoms with Crippen LogP contribution in [0, 0.1) is 12.3 Å². The van der Waals surface area contributed by atoms with Crippen LogP contribution in [0.4, 0.5) is 0 Å². The standard InChI is InChI=1S/C9H9N/c1-2-9(10)8-6-4-3-5-7-8/h1,3-7,9H,10H2. The molecule has 0 aromatic heterocycles. The van der Waals surface area contributed by atoms with Crippen LogP contribution in [0.1, 0.15) is 11.6 Å². The molecule has 1 aromatic rings. The molecule has 1 unspecified atom stereocenters. The average molecular weight is 131 g/mol. The summed E-state index contributed by atoms with van der Waals surface area (Å²) in [6.45, 7) is 0. The van der Waals surface area contributed by atoms with Crippen LogP contribution < -0.4 is 5.73 Å². The lowest BCUT2D eigenvalue weighted by Gasteiger charge is -2.01. The third-order valence-electron chi connectivity index (χ3n) is 1.34. The Kier molecular flexibility index (Phi) is 2.09. The number of benzene rings is 1. The Labute approximate surface area is 60.9 Å². The zero-order chi connectivity index (χ0) is 7.40. The van der Waals surface area contributed by atoms with E-state index in [0.717, 1.165) is 5.56 Å². The highest BCUT2D eigenvalue weighted by Crippen LogP contribution is 2.06. The predicted molar refractivity (Wildman–Crippen MR) is 42.2 cm³/mol. The van der Waals surface area contributed by atoms with Crippen LogP contribution in [-0.4, -0.2) is 0 Å². The van der Waals surface area contributed by atoms with Crippen molar-refractivity contribution < 1.29 is 0 Å². The van der Waals surface area contributed by atoms with Gasteiger partial charge < -0.3 is 5.73 Å². The van der Waals surface area contributed by atoms with Crippen molar-refractivity contribution in [2.45, 2.75) is 6.04 Å². The summed E-state index contributed by atoms with van der Waals surface area (Å²) in [5.41, 5.74) is 6.55. The minimum absolute atomic E-state index is 0.263. The van der Waals surface area contributed by atoms with Gasteiger partial charge in [0.25, 0.3) is 0 Å². The van der Waals surface area contributed by atoms with Gasteiger partial charge in [0.2, 0.25) is 0 Å². The molecule has 1 heteroatoms. The first-order valence-electron chi connectivity index (χ1n) is 3.11. The van der Waals surface area contributed by atoms with Crippen LogP contribution in [0.2, 0.25) is 0 Å². The van der Waals surface area contributed by atoms with Crippen LogP contribution >= 0.6 is 0 Å². The van der Waals surface area contributed by atoms with E-state index < -0.39 is 0 Å². The maximum atomic E-state index is 5.56. The summed E-state index contributed by atoms with van der Waals surface area (Å²) < 4.78 is 0. The fourth-order valence-corrected chi connectivity index (χ4v) is 0.757. The number of rotatable bonds is 1. The first-order chi connectivity index (χ1) is 4.84. The van der Waals surface area contributed by atoms with Crippen molar-refractivity contribution in [1.82, 2.24) is 0 Å². The van der Waals surface area contributed by atoms with Gasteiger partial charge in [-0.15, -0.1) is 6.42 Å². The van der Waals surface area contributed by atoms with Crippen molar-refractivity contribution in [3.8, 4) is 12.3 Å². The van der Waals surface area contributed by atoms with Crippen molar-refractivity contribution in [1.29, 1.82) is 0 Å². The number of hydrogen-bond acceptors (Lipinski definition) is 1. The van der Waals surface area contributed by atoms with Crippen molar-refractivity contribution >= 4 is 0 Å². The summed E-state index contributed by atoms with van der Waals surface area (Å²) in [7, 11) is 0. The van der Waals surface area contributed by atoms with E-state index in [-0.39, 0.29) is 6.04 Å². The van der Waals surface area contributed by atoms with Gasteiger partial charge in [-0.3, -0.25) is 0 Å². The van der Waals surface area contributed by atoms with Crippen LogP contribution in [0.15, 0.2) is 30.3 Å². The molecule has 0 fully saturated rings. The van der Waals surface area contributed by atoms with E-state index in [1.165, 1.54) is 0 Å². The van der Waals surface area contributed by atoms with Crippen molar-refractivity contribution in [2.24, 2.45) is 5.73 Å². The third-order valence-corrected chi connectivity index (χ3v) is 1.34. The smallest absolute Gasteiger partial charge is 0.0918 e. The molecule has 1 nitrogen and oxygen atoms in total. The van der Waals surface area contributed by atoms with Gasteiger partial charge in [0.15, 0.2) is 0 Å². The van der Waals surface area contributed by atoms with E-state index >= 15 is 0 Å². The molecule has 0 saturated heterocycles. The van der Waals surface area contributed by atoms with Crippen LogP contribution in [0.3, 0.4) is 0 Å². The highest BCUT2D eigenvalue weighted by atomic mass is 14.6. The minimum atomic E-state index is -0.263. The fourth-order valence-electron chi connectivity index (χ4n) is 0.757. The molecule has 0 aliphatic carbocycles. The molecule has 10 heavy (non-hydrogen) atoms. The minimum Gasteiger partial charge on any atom is -0.314 e. The van der Waals surface area contributed by atoms with E-state index in [1.807, 2.05) is 30.3 Å². The number of hydrogen-bond donors (Lipinski definition) is 1. The number of terminal acetylenes is 1. The molecule has 0 aliphatic rings. The Morgan fingerprint density at radius 1 is 1.30 bits per heavy atom. The molecule has 0 aliphatic heterocycles. The van der Waals surface area contributed by atoms with Crippen molar-refractivity contribution in [3.63, 3.8) is 0 Å². The largest absolute Gasteiger partial charge is 0.314 e. The molecule has 1 rings (SSSR count). The lowest BCUT2D eigenvalue weighted by molar-refractivity contribution is 0.946. The van der Waals surface area contributed by atoms with Gasteiger partial charge in [-0.1, -0.05) is 36.3 Å². The summed E-state index contributed by atoms with van der Waals surface area (Å²) in [6, 6.07) is 9.36. The zero-order valence-electron chi connectivity index (χ0n) is 5.62. The second-order valence-electron chi connectivity index (χ2n) is 2.06. The molecular weight excluding hydrogens is 122 g/mol. The first-order valence-corrected chi connectivity index (χ1v) is 3.11. The van der Waals surface area contributed by atoms with E-state index in [2.05, 4.69) is 5.92 Å². The lowest BCUT2D eigenvalue weighted by atomic mass is 10.1. The van der Waals surface area contributed by atoms with Gasteiger partial charge in [0, 0.05) is 0 Å². The molecule has 2 N–H and O–H groups in total. The van der Waals surface area contributed by atoms with Gasteiger partial charge in [0.1, 0.15) is 0 Å². The quantitative estimate of drug-likeness (QED) is 0.571. The molecular formula is C9H9N. The van der Waals surface area contributed by atoms with Crippen molar-refractivity contribution in [2.75, 3.05) is 0 Å². The third kappa shape index (κ3) is 1.37. The molecule has 1 atom stereocenters. The summed E-state index contributed by atoms with van der Waals surface area (Å²) >= 11 is 0. The molecule has 1 aromatic carbocycles. The monoisotopic (exact) mass is 131 g/mol. The van der Waals surface area contributed by atoms with Gasteiger partial charge >= 0.3 is 0 Å². The molecule has 50 valence electrons. The van der Waals surface area contributed by atoms with Crippen LogP contribution in [0.25, 0.3) is 0 Å². The zero-order valence-corrected chi connectivity index (χ0v) is 5.62. The average Bonchev–Trinajstić information content (AvgIpc) is 2.05. The summed E-state index contributed by atoms with van der Waals surface area (Å²) in [6.07, 6.45) is 5.13. The van der Waals surface area contributed by atoms with Gasteiger partial charge in [-0.25, -0.2) is 0 Å². The Morgan fingerprint density at radius 3 is 2.40 bits per heavy atom.